The Labute approximate surface area is 109 Å². The lowest BCUT2D eigenvalue weighted by molar-refractivity contribution is -0.144. The number of benzene rings is 1. The molecule has 1 unspecified atom stereocenters. The fourth-order valence-electron chi connectivity index (χ4n) is 1.81. The first-order valence-electron chi connectivity index (χ1n) is 6.67. The smallest absolute Gasteiger partial charge is 0.323 e. The molecular formula is C15H23NO2. The molecule has 0 saturated heterocycles. The van der Waals surface area contributed by atoms with Gasteiger partial charge in [0, 0.05) is 0 Å². The van der Waals surface area contributed by atoms with Crippen LogP contribution in [0.5, 0.6) is 0 Å². The van der Waals surface area contributed by atoms with Crippen molar-refractivity contribution >= 4 is 5.97 Å². The SMILES string of the molecule is CCCCc1ccc(CC(N)C(=O)OCC)cc1. The number of ether oxygens (including phenoxy) is 1. The number of unbranched alkanes of at least 4 members (excludes halogenated alkanes) is 1. The van der Waals surface area contributed by atoms with Gasteiger partial charge in [-0.25, -0.2) is 0 Å². The van der Waals surface area contributed by atoms with E-state index in [4.69, 9.17) is 10.5 Å². The summed E-state index contributed by atoms with van der Waals surface area (Å²) in [7, 11) is 0. The van der Waals surface area contributed by atoms with Gasteiger partial charge in [-0.1, -0.05) is 37.6 Å². The third-order valence-electron chi connectivity index (χ3n) is 2.89. The molecule has 0 heterocycles. The summed E-state index contributed by atoms with van der Waals surface area (Å²) in [6, 6.07) is 7.76. The van der Waals surface area contributed by atoms with E-state index in [1.54, 1.807) is 6.92 Å². The molecule has 3 heteroatoms. The van der Waals surface area contributed by atoms with Crippen LogP contribution in [0.3, 0.4) is 0 Å². The van der Waals surface area contributed by atoms with Crippen LogP contribution in [0.25, 0.3) is 0 Å². The lowest BCUT2D eigenvalue weighted by Crippen LogP contribution is -2.34. The molecule has 0 bridgehead atoms. The van der Waals surface area contributed by atoms with Crippen molar-refractivity contribution in [2.75, 3.05) is 6.61 Å². The Balaban J connectivity index is 2.50. The standard InChI is InChI=1S/C15H23NO2/c1-3-5-6-12-7-9-13(10-8-12)11-14(16)15(17)18-4-2/h7-10,14H,3-6,11,16H2,1-2H3. The van der Waals surface area contributed by atoms with E-state index in [9.17, 15) is 4.79 Å². The van der Waals surface area contributed by atoms with E-state index < -0.39 is 6.04 Å². The Bertz CT molecular complexity index is 359. The molecule has 0 spiro atoms. The van der Waals surface area contributed by atoms with Crippen molar-refractivity contribution in [3.8, 4) is 0 Å². The molecule has 0 aliphatic rings. The molecule has 18 heavy (non-hydrogen) atoms. The van der Waals surface area contributed by atoms with Crippen LogP contribution >= 0.6 is 0 Å². The van der Waals surface area contributed by atoms with Crippen molar-refractivity contribution in [3.05, 3.63) is 35.4 Å². The van der Waals surface area contributed by atoms with E-state index in [1.165, 1.54) is 18.4 Å². The minimum absolute atomic E-state index is 0.326. The Morgan fingerprint density at radius 1 is 1.22 bits per heavy atom. The Hall–Kier alpha value is -1.35. The molecule has 1 aromatic carbocycles. The lowest BCUT2D eigenvalue weighted by Gasteiger charge is -2.10. The molecule has 0 fully saturated rings. The van der Waals surface area contributed by atoms with Crippen molar-refractivity contribution in [2.24, 2.45) is 5.73 Å². The van der Waals surface area contributed by atoms with Gasteiger partial charge in [0.25, 0.3) is 0 Å². The summed E-state index contributed by atoms with van der Waals surface area (Å²) in [6.45, 7) is 4.35. The summed E-state index contributed by atoms with van der Waals surface area (Å²) in [5.41, 5.74) is 8.20. The summed E-state index contributed by atoms with van der Waals surface area (Å²) in [5, 5.41) is 0. The summed E-state index contributed by atoms with van der Waals surface area (Å²) in [6.07, 6.45) is 4.06. The second-order valence-corrected chi connectivity index (χ2v) is 4.48. The van der Waals surface area contributed by atoms with Gasteiger partial charge < -0.3 is 10.5 Å². The Kier molecular flexibility index (Phi) is 6.44. The third kappa shape index (κ3) is 4.88. The maximum Gasteiger partial charge on any atom is 0.323 e. The molecule has 100 valence electrons. The van der Waals surface area contributed by atoms with Crippen LogP contribution in [-0.4, -0.2) is 18.6 Å². The van der Waals surface area contributed by atoms with E-state index in [-0.39, 0.29) is 5.97 Å². The van der Waals surface area contributed by atoms with E-state index in [2.05, 4.69) is 19.1 Å². The van der Waals surface area contributed by atoms with Gasteiger partial charge in [-0.3, -0.25) is 4.79 Å². The molecule has 0 aromatic heterocycles. The molecule has 3 nitrogen and oxygen atoms in total. The average Bonchev–Trinajstić information content (AvgIpc) is 2.38. The number of hydrogen-bond acceptors (Lipinski definition) is 3. The highest BCUT2D eigenvalue weighted by atomic mass is 16.5. The van der Waals surface area contributed by atoms with Crippen molar-refractivity contribution in [1.82, 2.24) is 0 Å². The third-order valence-corrected chi connectivity index (χ3v) is 2.89. The predicted molar refractivity (Wildman–Crippen MR) is 73.4 cm³/mol. The minimum atomic E-state index is -0.563. The van der Waals surface area contributed by atoms with E-state index in [0.29, 0.717) is 13.0 Å². The number of nitrogens with two attached hydrogens (primary N) is 1. The number of carbonyl (C=O) groups is 1. The largest absolute Gasteiger partial charge is 0.465 e. The quantitative estimate of drug-likeness (QED) is 0.755. The number of hydrogen-bond donors (Lipinski definition) is 1. The van der Waals surface area contributed by atoms with E-state index >= 15 is 0 Å². The summed E-state index contributed by atoms with van der Waals surface area (Å²) >= 11 is 0. The second kappa shape index (κ2) is 7.88. The van der Waals surface area contributed by atoms with Crippen LogP contribution in [0.4, 0.5) is 0 Å². The van der Waals surface area contributed by atoms with Crippen LogP contribution in [0.1, 0.15) is 37.8 Å². The Morgan fingerprint density at radius 3 is 2.39 bits per heavy atom. The topological polar surface area (TPSA) is 52.3 Å². The first kappa shape index (κ1) is 14.7. The minimum Gasteiger partial charge on any atom is -0.465 e. The van der Waals surface area contributed by atoms with Gasteiger partial charge in [0.15, 0.2) is 0 Å². The number of aryl methyl sites for hydroxylation is 1. The van der Waals surface area contributed by atoms with E-state index in [1.807, 2.05) is 12.1 Å². The zero-order chi connectivity index (χ0) is 13.4. The zero-order valence-electron chi connectivity index (χ0n) is 11.3. The lowest BCUT2D eigenvalue weighted by atomic mass is 10.0. The van der Waals surface area contributed by atoms with Crippen LogP contribution < -0.4 is 5.73 Å². The molecular weight excluding hydrogens is 226 g/mol. The molecule has 0 saturated carbocycles. The van der Waals surface area contributed by atoms with Crippen molar-refractivity contribution in [3.63, 3.8) is 0 Å². The highest BCUT2D eigenvalue weighted by molar-refractivity contribution is 5.75. The van der Waals surface area contributed by atoms with Gasteiger partial charge in [0.1, 0.15) is 6.04 Å². The first-order chi connectivity index (χ1) is 8.67. The number of rotatable bonds is 7. The van der Waals surface area contributed by atoms with Crippen LogP contribution in [0, 0.1) is 0 Å². The highest BCUT2D eigenvalue weighted by Crippen LogP contribution is 2.09. The van der Waals surface area contributed by atoms with E-state index in [0.717, 1.165) is 12.0 Å². The molecule has 2 N–H and O–H groups in total. The summed E-state index contributed by atoms with van der Waals surface area (Å²) < 4.78 is 4.89. The fourth-order valence-corrected chi connectivity index (χ4v) is 1.81. The first-order valence-corrected chi connectivity index (χ1v) is 6.67. The molecule has 0 amide bonds. The van der Waals surface area contributed by atoms with Gasteiger partial charge >= 0.3 is 5.97 Å². The number of carbonyl (C=O) groups excluding carboxylic acids is 1. The van der Waals surface area contributed by atoms with Crippen LogP contribution in [-0.2, 0) is 22.4 Å². The average molecular weight is 249 g/mol. The molecule has 0 aliphatic heterocycles. The fraction of sp³-hybridized carbons (Fsp3) is 0.533. The van der Waals surface area contributed by atoms with Gasteiger partial charge in [-0.2, -0.15) is 0 Å². The van der Waals surface area contributed by atoms with Crippen molar-refractivity contribution < 1.29 is 9.53 Å². The molecule has 1 atom stereocenters. The molecule has 1 aromatic rings. The Morgan fingerprint density at radius 2 is 1.83 bits per heavy atom. The molecule has 0 radical (unpaired) electrons. The molecule has 0 aliphatic carbocycles. The number of esters is 1. The summed E-state index contributed by atoms with van der Waals surface area (Å²) in [5.74, 6) is -0.326. The van der Waals surface area contributed by atoms with Crippen LogP contribution in [0.15, 0.2) is 24.3 Å². The molecule has 1 rings (SSSR count). The van der Waals surface area contributed by atoms with Gasteiger partial charge in [0.2, 0.25) is 0 Å². The monoisotopic (exact) mass is 249 g/mol. The maximum atomic E-state index is 11.4. The highest BCUT2D eigenvalue weighted by Gasteiger charge is 2.14. The maximum absolute atomic E-state index is 11.4. The zero-order valence-corrected chi connectivity index (χ0v) is 11.3. The van der Waals surface area contributed by atoms with Crippen LogP contribution in [0.2, 0.25) is 0 Å². The summed E-state index contributed by atoms with van der Waals surface area (Å²) in [4.78, 5) is 11.4. The van der Waals surface area contributed by atoms with Gasteiger partial charge in [0.05, 0.1) is 6.61 Å². The van der Waals surface area contributed by atoms with Gasteiger partial charge in [-0.15, -0.1) is 0 Å². The van der Waals surface area contributed by atoms with Crippen molar-refractivity contribution in [2.45, 2.75) is 45.6 Å². The second-order valence-electron chi connectivity index (χ2n) is 4.48. The van der Waals surface area contributed by atoms with Crippen molar-refractivity contribution in [1.29, 1.82) is 0 Å². The normalized spacial score (nSPS) is 12.2. The predicted octanol–water partition coefficient (Wildman–Crippen LogP) is 2.46. The van der Waals surface area contributed by atoms with Gasteiger partial charge in [-0.05, 0) is 37.3 Å².